The lowest BCUT2D eigenvalue weighted by molar-refractivity contribution is 0.119. The Morgan fingerprint density at radius 1 is 1.00 bits per heavy atom. The van der Waals surface area contributed by atoms with Crippen LogP contribution in [-0.2, 0) is 0 Å². The van der Waals surface area contributed by atoms with Crippen LogP contribution in [0.4, 0.5) is 0 Å². The van der Waals surface area contributed by atoms with E-state index >= 15 is 0 Å². The zero-order valence-electron chi connectivity index (χ0n) is 27.5. The molecule has 0 atom stereocenters. The zero-order valence-corrected chi connectivity index (χ0v) is 27.5. The number of hydrogen-bond acceptors (Lipinski definition) is 3. The largest absolute Gasteiger partial charge is 0.369 e. The minimum Gasteiger partial charge on any atom is -0.369 e. The van der Waals surface area contributed by atoms with Crippen LogP contribution < -0.4 is 0 Å². The molecular weight excluding hydrogens is 462 g/mol. The van der Waals surface area contributed by atoms with Crippen molar-refractivity contribution in [2.45, 2.75) is 115 Å². The predicted octanol–water partition coefficient (Wildman–Crippen LogP) is 10.0. The molecule has 2 fully saturated rings. The van der Waals surface area contributed by atoms with Gasteiger partial charge >= 0.3 is 0 Å². The molecule has 1 aliphatic carbocycles. The number of nitriles is 1. The van der Waals surface area contributed by atoms with Gasteiger partial charge in [0.15, 0.2) is 0 Å². The summed E-state index contributed by atoms with van der Waals surface area (Å²) in [5.74, 6) is 1.81. The van der Waals surface area contributed by atoms with E-state index in [0.29, 0.717) is 10.8 Å². The van der Waals surface area contributed by atoms with Crippen molar-refractivity contribution in [1.29, 1.82) is 5.26 Å². The number of hydrogen-bond donors (Lipinski definition) is 0. The van der Waals surface area contributed by atoms with Crippen molar-refractivity contribution in [1.82, 2.24) is 9.80 Å². The number of allylic oxidation sites excluding steroid dienone is 5. The molecule has 0 amide bonds. The second kappa shape index (κ2) is 21.1. The van der Waals surface area contributed by atoms with Crippen molar-refractivity contribution in [3.8, 4) is 6.07 Å². The lowest BCUT2D eigenvalue weighted by atomic mass is 9.79. The van der Waals surface area contributed by atoms with Crippen LogP contribution in [-0.4, -0.2) is 42.5 Å². The molecule has 0 aromatic carbocycles. The molecule has 1 aliphatic heterocycles. The van der Waals surface area contributed by atoms with Crippen LogP contribution in [0.3, 0.4) is 0 Å². The highest BCUT2D eigenvalue weighted by Gasteiger charge is 2.24. The lowest BCUT2D eigenvalue weighted by Gasteiger charge is -2.40. The summed E-state index contributed by atoms with van der Waals surface area (Å²) in [4.78, 5) is 5.12. The van der Waals surface area contributed by atoms with Gasteiger partial charge in [0.05, 0.1) is 6.07 Å². The van der Waals surface area contributed by atoms with E-state index in [-0.39, 0.29) is 0 Å². The average Bonchev–Trinajstić information content (AvgIpc) is 2.81. The molecule has 1 saturated heterocycles. The van der Waals surface area contributed by atoms with Gasteiger partial charge in [-0.15, -0.1) is 0 Å². The molecule has 220 valence electrons. The van der Waals surface area contributed by atoms with E-state index in [1.807, 2.05) is 18.2 Å². The Balaban J connectivity index is 0. The molecular formula is C35H65N3. The van der Waals surface area contributed by atoms with Crippen molar-refractivity contribution in [2.24, 2.45) is 22.7 Å². The van der Waals surface area contributed by atoms with Crippen molar-refractivity contribution >= 4 is 0 Å². The van der Waals surface area contributed by atoms with Gasteiger partial charge in [0.25, 0.3) is 0 Å². The molecule has 0 unspecified atom stereocenters. The molecule has 0 N–H and O–H groups in total. The summed E-state index contributed by atoms with van der Waals surface area (Å²) in [6.45, 7) is 37.6. The Hall–Kier alpha value is -1.79. The van der Waals surface area contributed by atoms with E-state index in [1.165, 1.54) is 76.4 Å². The Morgan fingerprint density at radius 2 is 1.50 bits per heavy atom. The highest BCUT2D eigenvalue weighted by atomic mass is 15.3. The van der Waals surface area contributed by atoms with Gasteiger partial charge in [-0.3, -0.25) is 4.90 Å². The van der Waals surface area contributed by atoms with E-state index in [9.17, 15) is 0 Å². The fourth-order valence-electron chi connectivity index (χ4n) is 3.85. The molecule has 1 heterocycles. The average molecular weight is 528 g/mol. The van der Waals surface area contributed by atoms with E-state index in [2.05, 4.69) is 98.3 Å². The smallest absolute Gasteiger partial charge is 0.0587 e. The Morgan fingerprint density at radius 3 is 1.84 bits per heavy atom. The van der Waals surface area contributed by atoms with Gasteiger partial charge in [-0.25, -0.2) is 0 Å². The van der Waals surface area contributed by atoms with Gasteiger partial charge < -0.3 is 4.90 Å². The number of nitrogens with zero attached hydrogens (tertiary/aromatic N) is 3. The molecule has 2 rings (SSSR count). The van der Waals surface area contributed by atoms with Crippen LogP contribution in [0, 0.1) is 34.0 Å². The van der Waals surface area contributed by atoms with Crippen molar-refractivity contribution in [3.63, 3.8) is 0 Å². The summed E-state index contributed by atoms with van der Waals surface area (Å²) in [5, 5.41) is 7.32. The summed E-state index contributed by atoms with van der Waals surface area (Å²) in [6.07, 6.45) is 16.3. The van der Waals surface area contributed by atoms with E-state index in [0.717, 1.165) is 24.9 Å². The molecule has 0 aromatic rings. The zero-order chi connectivity index (χ0) is 29.8. The highest BCUT2D eigenvalue weighted by molar-refractivity contribution is 5.31. The van der Waals surface area contributed by atoms with Crippen LogP contribution in [0.2, 0.25) is 0 Å². The summed E-state index contributed by atoms with van der Waals surface area (Å²) in [6, 6.07) is 1.75. The Bertz CT molecular complexity index is 713. The van der Waals surface area contributed by atoms with E-state index in [1.54, 1.807) is 6.07 Å². The van der Waals surface area contributed by atoms with Crippen LogP contribution in [0.1, 0.15) is 115 Å². The standard InChI is InChI=1S/C18H28N2.C11H24.C4H10.C2H3N/c1-4-6-10-18(16(3)5-2)20-13-11-19(12-14-20)15-17-8-7-9-17;1-7-11(5,6)9-8-10(2,3)4;1-4(2)3;1-2-3/h4-6,10,17H,1-2,7-9,11-15H2,3H3;7-9H2,1-6H3;4H,1-3H3;1H3/b10-6-,18-16+;;;. The molecule has 38 heavy (non-hydrogen) atoms. The van der Waals surface area contributed by atoms with Crippen molar-refractivity contribution < 1.29 is 0 Å². The van der Waals surface area contributed by atoms with Crippen molar-refractivity contribution in [3.05, 3.63) is 48.7 Å². The monoisotopic (exact) mass is 528 g/mol. The quantitative estimate of drug-likeness (QED) is 0.279. The van der Waals surface area contributed by atoms with E-state index < -0.39 is 0 Å². The summed E-state index contributed by atoms with van der Waals surface area (Å²) < 4.78 is 0. The Labute approximate surface area is 239 Å². The predicted molar refractivity (Wildman–Crippen MR) is 172 cm³/mol. The van der Waals surface area contributed by atoms with Gasteiger partial charge in [-0.1, -0.05) is 107 Å². The van der Waals surface area contributed by atoms with Gasteiger partial charge in [0, 0.05) is 45.3 Å². The third-order valence-electron chi connectivity index (χ3n) is 7.06. The maximum Gasteiger partial charge on any atom is 0.0587 e. The molecule has 0 radical (unpaired) electrons. The first-order valence-electron chi connectivity index (χ1n) is 15.1. The van der Waals surface area contributed by atoms with Gasteiger partial charge in [0.1, 0.15) is 0 Å². The second-order valence-corrected chi connectivity index (χ2v) is 13.5. The summed E-state index contributed by atoms with van der Waals surface area (Å²) >= 11 is 0. The maximum atomic E-state index is 7.32. The minimum absolute atomic E-state index is 0.506. The summed E-state index contributed by atoms with van der Waals surface area (Å²) in [7, 11) is 0. The first-order chi connectivity index (χ1) is 17.7. The number of rotatable bonds is 9. The fraction of sp³-hybridized carbons (Fsp3) is 0.743. The fourth-order valence-corrected chi connectivity index (χ4v) is 3.85. The maximum absolute atomic E-state index is 7.32. The first-order valence-corrected chi connectivity index (χ1v) is 15.1. The SMILES string of the molecule is C=C/C=C\C(=C(\C)C=C)N1CCN(CC2CCC2)CC1.CC#N.CC(C)C.CCC(C)(C)CCC(C)(C)C. The summed E-state index contributed by atoms with van der Waals surface area (Å²) in [5.41, 5.74) is 3.60. The number of piperazine rings is 1. The van der Waals surface area contributed by atoms with Crippen LogP contribution in [0.5, 0.6) is 0 Å². The van der Waals surface area contributed by atoms with Gasteiger partial charge in [-0.2, -0.15) is 5.26 Å². The molecule has 0 spiro atoms. The highest BCUT2D eigenvalue weighted by Crippen LogP contribution is 2.32. The Kier molecular flexibility index (Phi) is 21.3. The van der Waals surface area contributed by atoms with E-state index in [4.69, 9.17) is 5.26 Å². The molecule has 0 bridgehead atoms. The molecule has 2 aliphatic rings. The van der Waals surface area contributed by atoms with Gasteiger partial charge in [0.2, 0.25) is 0 Å². The minimum atomic E-state index is 0.506. The van der Waals surface area contributed by atoms with Crippen LogP contribution in [0.25, 0.3) is 0 Å². The second-order valence-electron chi connectivity index (χ2n) is 13.5. The molecule has 3 heteroatoms. The first kappa shape index (κ1) is 38.4. The topological polar surface area (TPSA) is 30.3 Å². The van der Waals surface area contributed by atoms with Crippen LogP contribution >= 0.6 is 0 Å². The lowest BCUT2D eigenvalue weighted by Crippen LogP contribution is -2.47. The molecule has 3 nitrogen and oxygen atoms in total. The molecule has 1 saturated carbocycles. The third-order valence-corrected chi connectivity index (χ3v) is 7.06. The van der Waals surface area contributed by atoms with Crippen molar-refractivity contribution in [2.75, 3.05) is 32.7 Å². The van der Waals surface area contributed by atoms with Gasteiger partial charge in [-0.05, 0) is 66.9 Å². The third kappa shape index (κ3) is 21.2. The normalized spacial score (nSPS) is 17.0. The van der Waals surface area contributed by atoms with Crippen LogP contribution in [0.15, 0.2) is 48.7 Å². The molecule has 0 aromatic heterocycles.